The van der Waals surface area contributed by atoms with Crippen LogP contribution in [0.2, 0.25) is 0 Å². The lowest BCUT2D eigenvalue weighted by molar-refractivity contribution is -0.191. The molecule has 3 rings (SSSR count). The van der Waals surface area contributed by atoms with Crippen LogP contribution in [0.15, 0.2) is 18.2 Å². The summed E-state index contributed by atoms with van der Waals surface area (Å²) in [4.78, 5) is 53.9. The molecule has 1 aromatic carbocycles. The number of Topliss-reactive ketones (excluding diaryl/α,β-unsaturated/α-hetero) is 1. The molecule has 0 spiro atoms. The predicted octanol–water partition coefficient (Wildman–Crippen LogP) is 1.10. The standard InChI is InChI=1S/C14H12INO4S.CO2/c1-2-16-12(18)11(21-13(16)19)14(20)9-6-8(15)4-3-7(9)5-10(14)17;2-1-3/h3-4,6,11,20H,2,5H2,1H3;. The van der Waals surface area contributed by atoms with E-state index in [1.54, 1.807) is 19.1 Å². The summed E-state index contributed by atoms with van der Waals surface area (Å²) in [6, 6.07) is 5.36. The molecule has 24 heavy (non-hydrogen) atoms. The number of halogens is 1. The van der Waals surface area contributed by atoms with Gasteiger partial charge in [-0.2, -0.15) is 9.59 Å². The molecule has 2 atom stereocenters. The fourth-order valence-corrected chi connectivity index (χ4v) is 4.49. The summed E-state index contributed by atoms with van der Waals surface area (Å²) in [6.45, 7) is 1.93. The van der Waals surface area contributed by atoms with Gasteiger partial charge in [-0.05, 0) is 64.5 Å². The van der Waals surface area contributed by atoms with Crippen LogP contribution in [0.1, 0.15) is 18.1 Å². The molecule has 1 aromatic rings. The summed E-state index contributed by atoms with van der Waals surface area (Å²) < 4.78 is 0.869. The van der Waals surface area contributed by atoms with E-state index >= 15 is 0 Å². The zero-order valence-corrected chi connectivity index (χ0v) is 15.4. The number of carbonyl (C=O) groups excluding carboxylic acids is 5. The van der Waals surface area contributed by atoms with Gasteiger partial charge in [0.05, 0.1) is 0 Å². The van der Waals surface area contributed by atoms with E-state index in [1.165, 1.54) is 0 Å². The van der Waals surface area contributed by atoms with Gasteiger partial charge in [0.1, 0.15) is 5.25 Å². The molecule has 2 amide bonds. The number of rotatable bonds is 2. The molecule has 2 aliphatic rings. The van der Waals surface area contributed by atoms with E-state index in [4.69, 9.17) is 9.59 Å². The van der Waals surface area contributed by atoms with Gasteiger partial charge >= 0.3 is 6.15 Å². The Bertz CT molecular complexity index is 760. The molecule has 9 heteroatoms. The number of nitrogens with zero attached hydrogens (tertiary/aromatic N) is 1. The number of hydrogen-bond donors (Lipinski definition) is 1. The van der Waals surface area contributed by atoms with Crippen molar-refractivity contribution in [3.63, 3.8) is 0 Å². The van der Waals surface area contributed by atoms with Gasteiger partial charge in [-0.1, -0.05) is 6.07 Å². The summed E-state index contributed by atoms with van der Waals surface area (Å²) in [7, 11) is 0. The van der Waals surface area contributed by atoms with Gasteiger partial charge in [-0.25, -0.2) is 0 Å². The second-order valence-electron chi connectivity index (χ2n) is 5.10. The monoisotopic (exact) mass is 461 g/mol. The van der Waals surface area contributed by atoms with Gasteiger partial charge in [0.25, 0.3) is 5.24 Å². The SMILES string of the molecule is CCN1C(=O)SC(C2(O)C(=O)Cc3ccc(I)cc32)C1=O.O=C=O. The highest BCUT2D eigenvalue weighted by molar-refractivity contribution is 14.1. The first-order chi connectivity index (χ1) is 11.3. The summed E-state index contributed by atoms with van der Waals surface area (Å²) in [5.74, 6) is -0.911. The van der Waals surface area contributed by atoms with Crippen LogP contribution < -0.4 is 0 Å². The molecule has 0 radical (unpaired) electrons. The number of benzene rings is 1. The minimum Gasteiger partial charge on any atom is -0.376 e. The Morgan fingerprint density at radius 1 is 1.38 bits per heavy atom. The Kier molecular flexibility index (Phi) is 5.59. The van der Waals surface area contributed by atoms with Crippen LogP contribution in [-0.4, -0.2) is 44.9 Å². The van der Waals surface area contributed by atoms with Crippen molar-refractivity contribution in [3.05, 3.63) is 32.9 Å². The minimum absolute atomic E-state index is 0.0907. The number of aliphatic hydroxyl groups is 1. The molecule has 126 valence electrons. The number of amides is 2. The number of fused-ring (bicyclic) bond motifs is 1. The lowest BCUT2D eigenvalue weighted by Gasteiger charge is -2.26. The number of imide groups is 1. The first-order valence-corrected chi connectivity index (χ1v) is 8.82. The smallest absolute Gasteiger partial charge is 0.373 e. The van der Waals surface area contributed by atoms with Gasteiger partial charge in [0.2, 0.25) is 5.91 Å². The Balaban J connectivity index is 0.000000647. The Morgan fingerprint density at radius 3 is 2.54 bits per heavy atom. The number of carbonyl (C=O) groups is 3. The van der Waals surface area contributed by atoms with Crippen molar-refractivity contribution in [3.8, 4) is 0 Å². The van der Waals surface area contributed by atoms with E-state index in [-0.39, 0.29) is 19.1 Å². The van der Waals surface area contributed by atoms with Gasteiger partial charge in [0, 0.05) is 16.5 Å². The van der Waals surface area contributed by atoms with E-state index in [0.717, 1.165) is 25.8 Å². The average Bonchev–Trinajstić information content (AvgIpc) is 2.96. The van der Waals surface area contributed by atoms with Crippen LogP contribution in [-0.2, 0) is 31.2 Å². The van der Waals surface area contributed by atoms with Gasteiger partial charge in [-0.3, -0.25) is 19.3 Å². The highest BCUT2D eigenvalue weighted by atomic mass is 127. The molecule has 1 aliphatic heterocycles. The van der Waals surface area contributed by atoms with E-state index in [0.29, 0.717) is 5.56 Å². The maximum atomic E-state index is 12.4. The predicted molar refractivity (Wildman–Crippen MR) is 90.9 cm³/mol. The molecule has 7 nitrogen and oxygen atoms in total. The third-order valence-electron chi connectivity index (χ3n) is 3.88. The van der Waals surface area contributed by atoms with Crippen molar-refractivity contribution in [2.75, 3.05) is 6.54 Å². The maximum absolute atomic E-state index is 12.4. The summed E-state index contributed by atoms with van der Waals surface area (Å²) in [5, 5.41) is 9.47. The summed E-state index contributed by atoms with van der Waals surface area (Å²) in [6.07, 6.45) is 0.341. The normalized spacial score (nSPS) is 25.2. The maximum Gasteiger partial charge on any atom is 0.373 e. The van der Waals surface area contributed by atoms with Crippen LogP contribution in [0.25, 0.3) is 0 Å². The minimum atomic E-state index is -1.90. The van der Waals surface area contributed by atoms with E-state index in [1.807, 2.05) is 6.07 Å². The Hall–Kier alpha value is -1.55. The molecule has 2 unspecified atom stereocenters. The van der Waals surface area contributed by atoms with Crippen LogP contribution in [0, 0.1) is 3.57 Å². The summed E-state index contributed by atoms with van der Waals surface area (Å²) in [5.41, 5.74) is -0.729. The Morgan fingerprint density at radius 2 is 2.00 bits per heavy atom. The lowest BCUT2D eigenvalue weighted by Crippen LogP contribution is -2.47. The molecule has 1 heterocycles. The highest BCUT2D eigenvalue weighted by Gasteiger charge is 2.58. The second kappa shape index (κ2) is 7.14. The number of thioether (sulfide) groups is 1. The largest absolute Gasteiger partial charge is 0.376 e. The van der Waals surface area contributed by atoms with E-state index < -0.39 is 27.8 Å². The number of hydrogen-bond acceptors (Lipinski definition) is 7. The van der Waals surface area contributed by atoms with Crippen molar-refractivity contribution in [2.45, 2.75) is 24.2 Å². The van der Waals surface area contributed by atoms with Gasteiger partial charge in [0.15, 0.2) is 11.4 Å². The Labute approximate surface area is 154 Å². The molecule has 1 aliphatic carbocycles. The average molecular weight is 461 g/mol. The summed E-state index contributed by atoms with van der Waals surface area (Å²) >= 11 is 2.83. The first kappa shape index (κ1) is 18.8. The van der Waals surface area contributed by atoms with Crippen molar-refractivity contribution in [2.24, 2.45) is 0 Å². The first-order valence-electron chi connectivity index (χ1n) is 6.87. The van der Waals surface area contributed by atoms with Crippen LogP contribution >= 0.6 is 34.4 Å². The third kappa shape index (κ3) is 2.92. The van der Waals surface area contributed by atoms with Crippen LogP contribution in [0.5, 0.6) is 0 Å². The molecule has 0 aromatic heterocycles. The highest BCUT2D eigenvalue weighted by Crippen LogP contribution is 2.45. The fourth-order valence-electron chi connectivity index (χ4n) is 2.80. The fraction of sp³-hybridized carbons (Fsp3) is 0.333. The van der Waals surface area contributed by atoms with Gasteiger partial charge < -0.3 is 5.11 Å². The second-order valence-corrected chi connectivity index (χ2v) is 7.40. The van der Waals surface area contributed by atoms with Crippen LogP contribution in [0.3, 0.4) is 0 Å². The topological polar surface area (TPSA) is 109 Å². The van der Waals surface area contributed by atoms with Crippen molar-refractivity contribution >= 4 is 57.4 Å². The third-order valence-corrected chi connectivity index (χ3v) is 5.76. The van der Waals surface area contributed by atoms with Gasteiger partial charge in [-0.15, -0.1) is 0 Å². The molecule has 1 N–H and O–H groups in total. The van der Waals surface area contributed by atoms with E-state index in [2.05, 4.69) is 22.6 Å². The van der Waals surface area contributed by atoms with E-state index in [9.17, 15) is 19.5 Å². The zero-order chi connectivity index (χ0) is 18.1. The quantitative estimate of drug-likeness (QED) is 0.658. The molecule has 1 saturated heterocycles. The van der Waals surface area contributed by atoms with Crippen molar-refractivity contribution < 1.29 is 29.1 Å². The lowest BCUT2D eigenvalue weighted by atomic mass is 9.90. The molecule has 1 fully saturated rings. The molecule has 0 saturated carbocycles. The molecule has 0 bridgehead atoms. The van der Waals surface area contributed by atoms with Crippen LogP contribution in [0.4, 0.5) is 4.79 Å². The molecular formula is C15H12INO6S. The molecular weight excluding hydrogens is 449 g/mol. The van der Waals surface area contributed by atoms with Crippen molar-refractivity contribution in [1.82, 2.24) is 4.90 Å². The van der Waals surface area contributed by atoms with Crippen molar-refractivity contribution in [1.29, 1.82) is 0 Å². The number of ketones is 1. The zero-order valence-electron chi connectivity index (χ0n) is 12.4.